The first-order valence-corrected chi connectivity index (χ1v) is 8.23. The van der Waals surface area contributed by atoms with Crippen LogP contribution < -0.4 is 5.73 Å². The van der Waals surface area contributed by atoms with Gasteiger partial charge in [-0.25, -0.2) is 0 Å². The van der Waals surface area contributed by atoms with Gasteiger partial charge in [0.2, 0.25) is 0 Å². The van der Waals surface area contributed by atoms with Crippen LogP contribution in [0.5, 0.6) is 0 Å². The Morgan fingerprint density at radius 2 is 1.80 bits per heavy atom. The van der Waals surface area contributed by atoms with E-state index in [-0.39, 0.29) is 23.3 Å². The van der Waals surface area contributed by atoms with E-state index in [9.17, 15) is 0 Å². The number of aryl methyl sites for hydroxylation is 1. The molecule has 1 fully saturated rings. The van der Waals surface area contributed by atoms with Crippen molar-refractivity contribution < 1.29 is 4.74 Å². The van der Waals surface area contributed by atoms with E-state index in [0.717, 1.165) is 13.1 Å². The molecule has 2 rings (SSSR count). The molecule has 2 unspecified atom stereocenters. The molecule has 1 aliphatic rings. The molecule has 0 radical (unpaired) electrons. The maximum absolute atomic E-state index is 6.33. The summed E-state index contributed by atoms with van der Waals surface area (Å²) in [5, 5.41) is 2.16. The van der Waals surface area contributed by atoms with Crippen LogP contribution in [0.2, 0.25) is 0 Å². The topological polar surface area (TPSA) is 38.5 Å². The standard InChI is InChI=1S/C16H28N2OS/c1-11-7-8-20-14(11)13(12(2)17)18-9-15(3,4)19-16(5,6)10-18/h7-8,12-13H,9-10,17H2,1-6H3. The van der Waals surface area contributed by atoms with Crippen molar-refractivity contribution in [2.24, 2.45) is 5.73 Å². The lowest BCUT2D eigenvalue weighted by Crippen LogP contribution is -2.59. The van der Waals surface area contributed by atoms with Gasteiger partial charge in [0, 0.05) is 24.0 Å². The third-order valence-corrected chi connectivity index (χ3v) is 4.87. The molecule has 2 atom stereocenters. The second-order valence-corrected chi connectivity index (χ2v) is 8.25. The SMILES string of the molecule is Cc1ccsc1C(C(C)N)N1CC(C)(C)OC(C)(C)C1. The van der Waals surface area contributed by atoms with E-state index in [1.165, 1.54) is 10.4 Å². The van der Waals surface area contributed by atoms with Crippen molar-refractivity contribution in [3.63, 3.8) is 0 Å². The highest BCUT2D eigenvalue weighted by molar-refractivity contribution is 7.10. The highest BCUT2D eigenvalue weighted by Crippen LogP contribution is 2.37. The molecule has 1 aliphatic heterocycles. The molecule has 1 aromatic heterocycles. The Kier molecular flexibility index (Phi) is 4.32. The first kappa shape index (κ1) is 16.0. The Morgan fingerprint density at radius 3 is 2.20 bits per heavy atom. The average Bonchev–Trinajstić information content (AvgIpc) is 2.59. The van der Waals surface area contributed by atoms with Gasteiger partial charge in [0.1, 0.15) is 0 Å². The van der Waals surface area contributed by atoms with Crippen molar-refractivity contribution in [3.05, 3.63) is 21.9 Å². The molecule has 0 spiro atoms. The van der Waals surface area contributed by atoms with E-state index in [1.807, 2.05) is 11.3 Å². The molecule has 20 heavy (non-hydrogen) atoms. The Labute approximate surface area is 127 Å². The van der Waals surface area contributed by atoms with E-state index >= 15 is 0 Å². The van der Waals surface area contributed by atoms with E-state index in [2.05, 4.69) is 57.9 Å². The van der Waals surface area contributed by atoms with Crippen LogP contribution in [0.25, 0.3) is 0 Å². The van der Waals surface area contributed by atoms with Gasteiger partial charge >= 0.3 is 0 Å². The first-order valence-electron chi connectivity index (χ1n) is 7.35. The fourth-order valence-corrected chi connectivity index (χ4v) is 4.64. The summed E-state index contributed by atoms with van der Waals surface area (Å²) >= 11 is 1.82. The lowest BCUT2D eigenvalue weighted by molar-refractivity contribution is -0.189. The maximum atomic E-state index is 6.33. The third kappa shape index (κ3) is 3.42. The second-order valence-electron chi connectivity index (χ2n) is 7.30. The predicted molar refractivity (Wildman–Crippen MR) is 86.3 cm³/mol. The van der Waals surface area contributed by atoms with E-state index < -0.39 is 0 Å². The molecule has 0 aromatic carbocycles. The number of morpholine rings is 1. The van der Waals surface area contributed by atoms with Crippen LogP contribution in [0.3, 0.4) is 0 Å². The molecule has 2 heterocycles. The molecule has 4 heteroatoms. The summed E-state index contributed by atoms with van der Waals surface area (Å²) in [6.07, 6.45) is 0. The third-order valence-electron chi connectivity index (χ3n) is 3.78. The minimum absolute atomic E-state index is 0.108. The fourth-order valence-electron chi connectivity index (χ4n) is 3.47. The molecule has 0 aliphatic carbocycles. The zero-order valence-corrected chi connectivity index (χ0v) is 14.4. The number of nitrogens with zero attached hydrogens (tertiary/aromatic N) is 1. The van der Waals surface area contributed by atoms with Crippen molar-refractivity contribution >= 4 is 11.3 Å². The summed E-state index contributed by atoms with van der Waals surface area (Å²) in [7, 11) is 0. The van der Waals surface area contributed by atoms with Crippen LogP contribution in [0.15, 0.2) is 11.4 Å². The largest absolute Gasteiger partial charge is 0.367 e. The van der Waals surface area contributed by atoms with E-state index in [1.54, 1.807) is 0 Å². The van der Waals surface area contributed by atoms with Crippen LogP contribution in [0, 0.1) is 6.92 Å². The van der Waals surface area contributed by atoms with Gasteiger partial charge in [0.25, 0.3) is 0 Å². The first-order chi connectivity index (χ1) is 9.11. The van der Waals surface area contributed by atoms with Crippen molar-refractivity contribution in [3.8, 4) is 0 Å². The van der Waals surface area contributed by atoms with Gasteiger partial charge in [-0.1, -0.05) is 0 Å². The average molecular weight is 296 g/mol. The van der Waals surface area contributed by atoms with Crippen LogP contribution >= 0.6 is 11.3 Å². The van der Waals surface area contributed by atoms with Gasteiger partial charge in [0.05, 0.1) is 17.2 Å². The lowest BCUT2D eigenvalue weighted by Gasteiger charge is -2.50. The summed E-state index contributed by atoms with van der Waals surface area (Å²) in [5.74, 6) is 0. The van der Waals surface area contributed by atoms with Crippen molar-refractivity contribution in [1.29, 1.82) is 0 Å². The molecule has 0 amide bonds. The summed E-state index contributed by atoms with van der Waals surface area (Å²) in [6.45, 7) is 14.8. The number of hydrogen-bond donors (Lipinski definition) is 1. The highest BCUT2D eigenvalue weighted by atomic mass is 32.1. The highest BCUT2D eigenvalue weighted by Gasteiger charge is 2.42. The van der Waals surface area contributed by atoms with Crippen LogP contribution in [-0.4, -0.2) is 35.2 Å². The normalized spacial score (nSPS) is 25.4. The number of hydrogen-bond acceptors (Lipinski definition) is 4. The molecule has 114 valence electrons. The van der Waals surface area contributed by atoms with Gasteiger partial charge in [-0.05, 0) is 58.6 Å². The van der Waals surface area contributed by atoms with Crippen LogP contribution in [0.1, 0.15) is 51.1 Å². The maximum Gasteiger partial charge on any atom is 0.0761 e. The fraction of sp³-hybridized carbons (Fsp3) is 0.750. The lowest BCUT2D eigenvalue weighted by atomic mass is 9.94. The number of nitrogens with two attached hydrogens (primary N) is 1. The van der Waals surface area contributed by atoms with Crippen molar-refractivity contribution in [2.75, 3.05) is 13.1 Å². The monoisotopic (exact) mass is 296 g/mol. The Hall–Kier alpha value is -0.420. The number of thiophene rings is 1. The Morgan fingerprint density at radius 1 is 1.25 bits per heavy atom. The summed E-state index contributed by atoms with van der Waals surface area (Å²) in [4.78, 5) is 3.90. The molecule has 1 saturated heterocycles. The van der Waals surface area contributed by atoms with Crippen molar-refractivity contribution in [2.45, 2.75) is 64.8 Å². The minimum atomic E-state index is -0.139. The smallest absolute Gasteiger partial charge is 0.0761 e. The zero-order valence-electron chi connectivity index (χ0n) is 13.6. The molecule has 3 nitrogen and oxygen atoms in total. The molecular formula is C16H28N2OS. The van der Waals surface area contributed by atoms with Crippen LogP contribution in [0.4, 0.5) is 0 Å². The van der Waals surface area contributed by atoms with Gasteiger partial charge < -0.3 is 10.5 Å². The summed E-state index contributed by atoms with van der Waals surface area (Å²) in [6, 6.07) is 2.57. The summed E-state index contributed by atoms with van der Waals surface area (Å²) in [5.41, 5.74) is 7.40. The Bertz CT molecular complexity index is 449. The predicted octanol–water partition coefficient (Wildman–Crippen LogP) is 3.33. The Balaban J connectivity index is 2.33. The summed E-state index contributed by atoms with van der Waals surface area (Å²) < 4.78 is 6.19. The van der Waals surface area contributed by atoms with Crippen LogP contribution in [-0.2, 0) is 4.74 Å². The quantitative estimate of drug-likeness (QED) is 0.930. The van der Waals surface area contributed by atoms with Crippen molar-refractivity contribution in [1.82, 2.24) is 4.90 Å². The molecule has 0 bridgehead atoms. The number of ether oxygens (including phenoxy) is 1. The van der Waals surface area contributed by atoms with E-state index in [0.29, 0.717) is 0 Å². The van der Waals surface area contributed by atoms with Gasteiger partial charge in [0.15, 0.2) is 0 Å². The van der Waals surface area contributed by atoms with E-state index in [4.69, 9.17) is 10.5 Å². The number of rotatable bonds is 3. The molecule has 1 aromatic rings. The zero-order chi connectivity index (χ0) is 15.1. The molecule has 0 saturated carbocycles. The second kappa shape index (κ2) is 5.41. The van der Waals surface area contributed by atoms with Gasteiger partial charge in [-0.3, -0.25) is 4.90 Å². The minimum Gasteiger partial charge on any atom is -0.367 e. The molecule has 2 N–H and O–H groups in total. The van der Waals surface area contributed by atoms with Gasteiger partial charge in [-0.15, -0.1) is 11.3 Å². The molecular weight excluding hydrogens is 268 g/mol. The van der Waals surface area contributed by atoms with Gasteiger partial charge in [-0.2, -0.15) is 0 Å².